The number of carbonyl (C=O) groups is 3. The highest BCUT2D eigenvalue weighted by Gasteiger charge is 2.37. The molecule has 0 aromatic heterocycles. The van der Waals surface area contributed by atoms with Crippen molar-refractivity contribution in [3.8, 4) is 11.5 Å². The molecular weight excluding hydrogens is 420 g/mol. The van der Waals surface area contributed by atoms with Crippen LogP contribution in [0.25, 0.3) is 6.08 Å². The van der Waals surface area contributed by atoms with Crippen LogP contribution in [0.5, 0.6) is 11.5 Å². The Balaban J connectivity index is 1.93. The van der Waals surface area contributed by atoms with Crippen LogP contribution in [0.4, 0.5) is 10.5 Å². The van der Waals surface area contributed by atoms with Crippen molar-refractivity contribution in [1.82, 2.24) is 5.32 Å². The van der Waals surface area contributed by atoms with Gasteiger partial charge in [0.15, 0.2) is 11.5 Å². The molecule has 3 rings (SSSR count). The van der Waals surface area contributed by atoms with E-state index in [0.717, 1.165) is 23.3 Å². The molecule has 0 atom stereocenters. The molecule has 0 bridgehead atoms. The molecule has 0 spiro atoms. The van der Waals surface area contributed by atoms with Crippen LogP contribution in [0, 0.1) is 6.92 Å². The fourth-order valence-corrected chi connectivity index (χ4v) is 3.17. The number of urea groups is 1. The van der Waals surface area contributed by atoms with E-state index in [2.05, 4.69) is 12.2 Å². The Bertz CT molecular complexity index is 1060. The molecule has 4 amide bonds. The van der Waals surface area contributed by atoms with E-state index in [0.29, 0.717) is 28.7 Å². The Morgan fingerprint density at radius 3 is 2.55 bits per heavy atom. The van der Waals surface area contributed by atoms with E-state index in [9.17, 15) is 14.4 Å². The van der Waals surface area contributed by atoms with Crippen molar-refractivity contribution in [1.29, 1.82) is 0 Å². The lowest BCUT2D eigenvalue weighted by Crippen LogP contribution is -2.54. The van der Waals surface area contributed by atoms with Crippen LogP contribution in [-0.2, 0) is 9.59 Å². The second-order valence-electron chi connectivity index (χ2n) is 7.00. The lowest BCUT2D eigenvalue weighted by atomic mass is 10.1. The van der Waals surface area contributed by atoms with Gasteiger partial charge in [0.2, 0.25) is 0 Å². The third-order valence-corrected chi connectivity index (χ3v) is 5.18. The Morgan fingerprint density at radius 2 is 1.87 bits per heavy atom. The van der Waals surface area contributed by atoms with Crippen LogP contribution >= 0.6 is 11.6 Å². The van der Waals surface area contributed by atoms with Gasteiger partial charge in [-0.1, -0.05) is 37.1 Å². The zero-order chi connectivity index (χ0) is 22.5. The van der Waals surface area contributed by atoms with Crippen molar-refractivity contribution < 1.29 is 23.9 Å². The van der Waals surface area contributed by atoms with E-state index >= 15 is 0 Å². The highest BCUT2D eigenvalue weighted by Crippen LogP contribution is 2.30. The molecule has 31 heavy (non-hydrogen) atoms. The molecule has 2 aromatic carbocycles. The predicted octanol–water partition coefficient (Wildman–Crippen LogP) is 4.50. The molecule has 0 saturated carbocycles. The normalized spacial score (nSPS) is 15.3. The number of benzene rings is 2. The number of nitrogens with one attached hydrogen (secondary N) is 1. The van der Waals surface area contributed by atoms with Crippen molar-refractivity contribution in [3.63, 3.8) is 0 Å². The standard InChI is InChI=1S/C23H23ClN2O5/c1-4-5-10-31-19-9-7-15(12-20(19)30-3)11-17-21(27)25-23(29)26(22(17)28)16-8-6-14(2)18(24)13-16/h6-9,11-13H,4-5,10H2,1-3H3,(H,25,27,29)/b17-11+. The summed E-state index contributed by atoms with van der Waals surface area (Å²) >= 11 is 6.14. The van der Waals surface area contributed by atoms with Gasteiger partial charge in [-0.2, -0.15) is 0 Å². The number of hydrogen-bond donors (Lipinski definition) is 1. The second-order valence-corrected chi connectivity index (χ2v) is 7.41. The maximum Gasteiger partial charge on any atom is 0.335 e. The second kappa shape index (κ2) is 9.66. The monoisotopic (exact) mass is 442 g/mol. The number of carbonyl (C=O) groups excluding carboxylic acids is 3. The molecule has 1 aliphatic rings. The van der Waals surface area contributed by atoms with Crippen molar-refractivity contribution in [2.45, 2.75) is 26.7 Å². The number of unbranched alkanes of at least 4 members (excludes halogenated alkanes) is 1. The Morgan fingerprint density at radius 1 is 1.10 bits per heavy atom. The fraction of sp³-hybridized carbons (Fsp3) is 0.261. The summed E-state index contributed by atoms with van der Waals surface area (Å²) in [6, 6.07) is 9.06. The van der Waals surface area contributed by atoms with Crippen molar-refractivity contribution in [2.75, 3.05) is 18.6 Å². The summed E-state index contributed by atoms with van der Waals surface area (Å²) < 4.78 is 11.1. The lowest BCUT2D eigenvalue weighted by molar-refractivity contribution is -0.122. The molecular formula is C23H23ClN2O5. The Hall–Kier alpha value is -3.32. The van der Waals surface area contributed by atoms with Gasteiger partial charge >= 0.3 is 6.03 Å². The van der Waals surface area contributed by atoms with Gasteiger partial charge in [-0.15, -0.1) is 0 Å². The van der Waals surface area contributed by atoms with E-state index in [4.69, 9.17) is 21.1 Å². The van der Waals surface area contributed by atoms with Gasteiger partial charge in [0.25, 0.3) is 11.8 Å². The minimum atomic E-state index is -0.829. The van der Waals surface area contributed by atoms with Crippen LogP contribution in [0.15, 0.2) is 42.0 Å². The highest BCUT2D eigenvalue weighted by molar-refractivity contribution is 6.39. The van der Waals surface area contributed by atoms with Crippen molar-refractivity contribution in [3.05, 3.63) is 58.1 Å². The van der Waals surface area contributed by atoms with Gasteiger partial charge in [0.1, 0.15) is 5.57 Å². The number of hydrogen-bond acceptors (Lipinski definition) is 5. The number of ether oxygens (including phenoxy) is 2. The summed E-state index contributed by atoms with van der Waals surface area (Å²) in [6.07, 6.45) is 3.33. The van der Waals surface area contributed by atoms with Crippen molar-refractivity contribution in [2.24, 2.45) is 0 Å². The minimum absolute atomic E-state index is 0.182. The molecule has 7 nitrogen and oxygen atoms in total. The first-order valence-corrected chi connectivity index (χ1v) is 10.2. The summed E-state index contributed by atoms with van der Waals surface area (Å²) in [6.45, 7) is 4.44. The van der Waals surface area contributed by atoms with Crippen LogP contribution < -0.4 is 19.7 Å². The number of barbiturate groups is 1. The van der Waals surface area contributed by atoms with Gasteiger partial charge in [0, 0.05) is 5.02 Å². The van der Waals surface area contributed by atoms with E-state index in [1.54, 1.807) is 30.3 Å². The topological polar surface area (TPSA) is 84.9 Å². The van der Waals surface area contributed by atoms with Crippen molar-refractivity contribution >= 4 is 41.2 Å². The van der Waals surface area contributed by atoms with Gasteiger partial charge < -0.3 is 9.47 Å². The van der Waals surface area contributed by atoms with Crippen LogP contribution in [-0.4, -0.2) is 31.6 Å². The van der Waals surface area contributed by atoms with Crippen LogP contribution in [0.3, 0.4) is 0 Å². The molecule has 1 heterocycles. The third-order valence-electron chi connectivity index (χ3n) is 4.77. The Kier molecular flexibility index (Phi) is 6.97. The minimum Gasteiger partial charge on any atom is -0.493 e. The van der Waals surface area contributed by atoms with E-state index in [-0.39, 0.29) is 11.3 Å². The summed E-state index contributed by atoms with van der Waals surface area (Å²) in [7, 11) is 1.51. The summed E-state index contributed by atoms with van der Waals surface area (Å²) in [5.74, 6) is -0.460. The molecule has 1 saturated heterocycles. The first-order valence-electron chi connectivity index (χ1n) is 9.84. The maximum absolute atomic E-state index is 13.0. The average Bonchev–Trinajstić information content (AvgIpc) is 2.74. The van der Waals surface area contributed by atoms with E-state index in [1.165, 1.54) is 19.3 Å². The summed E-state index contributed by atoms with van der Waals surface area (Å²) in [4.78, 5) is 38.6. The molecule has 162 valence electrons. The summed E-state index contributed by atoms with van der Waals surface area (Å²) in [5, 5.41) is 2.60. The number of methoxy groups -OCH3 is 1. The summed E-state index contributed by atoms with van der Waals surface area (Å²) in [5.41, 5.74) is 1.44. The first kappa shape index (κ1) is 22.4. The average molecular weight is 443 g/mol. The molecule has 0 unspecified atom stereocenters. The number of amides is 4. The molecule has 0 radical (unpaired) electrons. The SMILES string of the molecule is CCCCOc1ccc(/C=C2\C(=O)NC(=O)N(c3ccc(C)c(Cl)c3)C2=O)cc1OC. The molecule has 1 aliphatic heterocycles. The zero-order valence-electron chi connectivity index (χ0n) is 17.5. The van der Waals surface area contributed by atoms with Gasteiger partial charge in [-0.05, 0) is 54.8 Å². The number of halogens is 1. The van der Waals surface area contributed by atoms with Crippen LogP contribution in [0.2, 0.25) is 5.02 Å². The van der Waals surface area contributed by atoms with E-state index in [1.807, 2.05) is 6.92 Å². The molecule has 0 aliphatic carbocycles. The quantitative estimate of drug-likeness (QED) is 0.387. The predicted molar refractivity (Wildman–Crippen MR) is 119 cm³/mol. The fourth-order valence-electron chi connectivity index (χ4n) is 3.00. The molecule has 1 N–H and O–H groups in total. The number of nitrogens with zero attached hydrogens (tertiary/aromatic N) is 1. The largest absolute Gasteiger partial charge is 0.493 e. The zero-order valence-corrected chi connectivity index (χ0v) is 18.3. The number of rotatable bonds is 7. The lowest BCUT2D eigenvalue weighted by Gasteiger charge is -2.26. The first-order chi connectivity index (χ1) is 14.8. The molecule has 8 heteroatoms. The maximum atomic E-state index is 13.0. The smallest absolute Gasteiger partial charge is 0.335 e. The molecule has 2 aromatic rings. The molecule has 1 fully saturated rings. The third kappa shape index (κ3) is 4.88. The number of aryl methyl sites for hydroxylation is 1. The van der Waals surface area contributed by atoms with Gasteiger partial charge in [-0.3, -0.25) is 14.9 Å². The van der Waals surface area contributed by atoms with Crippen LogP contribution in [0.1, 0.15) is 30.9 Å². The highest BCUT2D eigenvalue weighted by atomic mass is 35.5. The number of imide groups is 2. The van der Waals surface area contributed by atoms with Gasteiger partial charge in [-0.25, -0.2) is 9.69 Å². The Labute approximate surface area is 185 Å². The van der Waals surface area contributed by atoms with Gasteiger partial charge in [0.05, 0.1) is 19.4 Å². The number of anilines is 1. The van der Waals surface area contributed by atoms with E-state index < -0.39 is 17.8 Å².